The largest absolute Gasteiger partial charge is 0.383 e. The molecule has 0 bridgehead atoms. The number of aryl methyl sites for hydroxylation is 1. The van der Waals surface area contributed by atoms with E-state index < -0.39 is 0 Å². The van der Waals surface area contributed by atoms with Crippen LogP contribution in [0.4, 0.5) is 0 Å². The fourth-order valence-corrected chi connectivity index (χ4v) is 1.60. The van der Waals surface area contributed by atoms with E-state index in [1.807, 2.05) is 24.0 Å². The Labute approximate surface area is 91.6 Å². The Morgan fingerprint density at radius 1 is 1.60 bits per heavy atom. The van der Waals surface area contributed by atoms with E-state index in [2.05, 4.69) is 17.3 Å². The Hall–Kier alpha value is -0.870. The zero-order valence-corrected chi connectivity index (χ0v) is 9.86. The quantitative estimate of drug-likeness (QED) is 0.739. The molecule has 0 amide bonds. The van der Waals surface area contributed by atoms with Crippen LogP contribution in [-0.4, -0.2) is 29.5 Å². The van der Waals surface area contributed by atoms with E-state index in [-0.39, 0.29) is 0 Å². The van der Waals surface area contributed by atoms with Crippen LogP contribution in [0.5, 0.6) is 0 Å². The van der Waals surface area contributed by atoms with Gasteiger partial charge in [0, 0.05) is 32.9 Å². The van der Waals surface area contributed by atoms with Crippen molar-refractivity contribution in [3.8, 4) is 0 Å². The lowest BCUT2D eigenvalue weighted by molar-refractivity contribution is 0.161. The highest BCUT2D eigenvalue weighted by atomic mass is 16.5. The summed E-state index contributed by atoms with van der Waals surface area (Å²) in [4.78, 5) is 0. The molecule has 0 aliphatic heterocycles. The Morgan fingerprint density at radius 2 is 2.40 bits per heavy atom. The van der Waals surface area contributed by atoms with Crippen molar-refractivity contribution in [1.82, 2.24) is 15.1 Å². The summed E-state index contributed by atoms with van der Waals surface area (Å²) in [5.74, 6) is 0. The first-order chi connectivity index (χ1) is 7.26. The summed E-state index contributed by atoms with van der Waals surface area (Å²) in [5, 5.41) is 7.77. The summed E-state index contributed by atoms with van der Waals surface area (Å²) < 4.78 is 6.98. The van der Waals surface area contributed by atoms with Crippen LogP contribution in [0.3, 0.4) is 0 Å². The van der Waals surface area contributed by atoms with E-state index in [1.54, 1.807) is 7.11 Å². The topological polar surface area (TPSA) is 39.1 Å². The second kappa shape index (κ2) is 6.58. The minimum Gasteiger partial charge on any atom is -0.383 e. The SMILES string of the molecule is CCCC(COC)NCc1ccn(C)n1. The van der Waals surface area contributed by atoms with Crippen LogP contribution in [0.2, 0.25) is 0 Å². The predicted molar refractivity (Wildman–Crippen MR) is 60.6 cm³/mol. The summed E-state index contributed by atoms with van der Waals surface area (Å²) in [5.41, 5.74) is 1.08. The van der Waals surface area contributed by atoms with Gasteiger partial charge < -0.3 is 10.1 Å². The van der Waals surface area contributed by atoms with Gasteiger partial charge in [-0.1, -0.05) is 13.3 Å². The third kappa shape index (κ3) is 4.44. The third-order valence-corrected chi connectivity index (χ3v) is 2.35. The summed E-state index contributed by atoms with van der Waals surface area (Å²) in [7, 11) is 3.67. The molecular weight excluding hydrogens is 190 g/mol. The van der Waals surface area contributed by atoms with Gasteiger partial charge in [0.05, 0.1) is 12.3 Å². The van der Waals surface area contributed by atoms with Crippen molar-refractivity contribution in [2.24, 2.45) is 7.05 Å². The van der Waals surface area contributed by atoms with Crippen molar-refractivity contribution in [1.29, 1.82) is 0 Å². The van der Waals surface area contributed by atoms with Crippen LogP contribution in [-0.2, 0) is 18.3 Å². The number of nitrogens with one attached hydrogen (secondary N) is 1. The molecule has 1 rings (SSSR count). The highest BCUT2D eigenvalue weighted by Crippen LogP contribution is 2.00. The molecular formula is C11H21N3O. The predicted octanol–water partition coefficient (Wildman–Crippen LogP) is 1.32. The number of methoxy groups -OCH3 is 1. The fourth-order valence-electron chi connectivity index (χ4n) is 1.60. The number of nitrogens with zero attached hydrogens (tertiary/aromatic N) is 2. The summed E-state index contributed by atoms with van der Waals surface area (Å²) in [6.07, 6.45) is 4.27. The van der Waals surface area contributed by atoms with E-state index in [4.69, 9.17) is 4.74 Å². The maximum absolute atomic E-state index is 5.16. The van der Waals surface area contributed by atoms with Gasteiger partial charge in [0.25, 0.3) is 0 Å². The number of hydrogen-bond acceptors (Lipinski definition) is 3. The van der Waals surface area contributed by atoms with Gasteiger partial charge in [-0.2, -0.15) is 5.10 Å². The van der Waals surface area contributed by atoms with Crippen molar-refractivity contribution < 1.29 is 4.74 Å². The van der Waals surface area contributed by atoms with Crippen LogP contribution >= 0.6 is 0 Å². The maximum atomic E-state index is 5.16. The molecule has 0 saturated carbocycles. The number of rotatable bonds is 7. The second-order valence-electron chi connectivity index (χ2n) is 3.80. The van der Waals surface area contributed by atoms with Crippen LogP contribution in [0.1, 0.15) is 25.5 Å². The summed E-state index contributed by atoms with van der Waals surface area (Å²) in [6, 6.07) is 2.46. The number of ether oxygens (including phenoxy) is 1. The molecule has 1 aromatic heterocycles. The van der Waals surface area contributed by atoms with E-state index in [0.717, 1.165) is 25.3 Å². The lowest BCUT2D eigenvalue weighted by Gasteiger charge is -2.16. The van der Waals surface area contributed by atoms with Gasteiger partial charge in [0.15, 0.2) is 0 Å². The van der Waals surface area contributed by atoms with Crippen molar-refractivity contribution in [2.45, 2.75) is 32.4 Å². The molecule has 0 saturated heterocycles. The van der Waals surface area contributed by atoms with Crippen molar-refractivity contribution in [2.75, 3.05) is 13.7 Å². The first kappa shape index (κ1) is 12.2. The maximum Gasteiger partial charge on any atom is 0.0762 e. The molecule has 0 fully saturated rings. The Morgan fingerprint density at radius 3 is 2.93 bits per heavy atom. The third-order valence-electron chi connectivity index (χ3n) is 2.35. The van der Waals surface area contributed by atoms with Crippen LogP contribution in [0.25, 0.3) is 0 Å². The van der Waals surface area contributed by atoms with Crippen LogP contribution in [0, 0.1) is 0 Å². The molecule has 1 unspecified atom stereocenters. The molecule has 0 aliphatic carbocycles. The fraction of sp³-hybridized carbons (Fsp3) is 0.727. The first-order valence-electron chi connectivity index (χ1n) is 5.47. The van der Waals surface area contributed by atoms with Gasteiger partial charge in [-0.15, -0.1) is 0 Å². The van der Waals surface area contributed by atoms with Crippen molar-refractivity contribution in [3.05, 3.63) is 18.0 Å². The molecule has 1 aromatic rings. The zero-order valence-electron chi connectivity index (χ0n) is 9.86. The van der Waals surface area contributed by atoms with Crippen molar-refractivity contribution >= 4 is 0 Å². The smallest absolute Gasteiger partial charge is 0.0762 e. The molecule has 1 N–H and O–H groups in total. The van der Waals surface area contributed by atoms with Gasteiger partial charge in [0.2, 0.25) is 0 Å². The first-order valence-corrected chi connectivity index (χ1v) is 5.47. The molecule has 0 spiro atoms. The monoisotopic (exact) mass is 211 g/mol. The Balaban J connectivity index is 2.32. The lowest BCUT2D eigenvalue weighted by Crippen LogP contribution is -2.32. The van der Waals surface area contributed by atoms with E-state index >= 15 is 0 Å². The molecule has 4 nitrogen and oxygen atoms in total. The Kier molecular flexibility index (Phi) is 5.36. The average Bonchev–Trinajstić information content (AvgIpc) is 2.61. The molecule has 15 heavy (non-hydrogen) atoms. The summed E-state index contributed by atoms with van der Waals surface area (Å²) >= 11 is 0. The molecule has 0 radical (unpaired) electrons. The summed E-state index contributed by atoms with van der Waals surface area (Å²) in [6.45, 7) is 3.76. The van der Waals surface area contributed by atoms with Crippen molar-refractivity contribution in [3.63, 3.8) is 0 Å². The van der Waals surface area contributed by atoms with Crippen LogP contribution in [0.15, 0.2) is 12.3 Å². The Bertz CT molecular complexity index is 267. The molecule has 0 aromatic carbocycles. The zero-order chi connectivity index (χ0) is 11.1. The van der Waals surface area contributed by atoms with Gasteiger partial charge in [0.1, 0.15) is 0 Å². The highest BCUT2D eigenvalue weighted by molar-refractivity contribution is 4.98. The molecule has 4 heteroatoms. The minimum absolute atomic E-state index is 0.432. The average molecular weight is 211 g/mol. The normalized spacial score (nSPS) is 13.0. The van der Waals surface area contributed by atoms with E-state index in [1.165, 1.54) is 6.42 Å². The second-order valence-corrected chi connectivity index (χ2v) is 3.80. The van der Waals surface area contributed by atoms with E-state index in [0.29, 0.717) is 6.04 Å². The highest BCUT2D eigenvalue weighted by Gasteiger charge is 2.07. The number of hydrogen-bond donors (Lipinski definition) is 1. The molecule has 0 aliphatic rings. The standard InChI is InChI=1S/C11H21N3O/c1-4-5-11(9-15-3)12-8-10-6-7-14(2)13-10/h6-7,11-12H,4-5,8-9H2,1-3H3. The minimum atomic E-state index is 0.432. The van der Waals surface area contributed by atoms with Gasteiger partial charge >= 0.3 is 0 Å². The lowest BCUT2D eigenvalue weighted by atomic mass is 10.2. The van der Waals surface area contributed by atoms with Crippen LogP contribution < -0.4 is 5.32 Å². The molecule has 86 valence electrons. The van der Waals surface area contributed by atoms with Gasteiger partial charge in [-0.05, 0) is 12.5 Å². The van der Waals surface area contributed by atoms with Gasteiger partial charge in [-0.25, -0.2) is 0 Å². The molecule has 1 atom stereocenters. The molecule has 1 heterocycles. The van der Waals surface area contributed by atoms with Gasteiger partial charge in [-0.3, -0.25) is 4.68 Å². The van der Waals surface area contributed by atoms with E-state index in [9.17, 15) is 0 Å². The number of aromatic nitrogens is 2.